The quantitative estimate of drug-likeness (QED) is 0.150. The minimum Gasteiger partial charge on any atom is -0.357 e. The van der Waals surface area contributed by atoms with Crippen molar-refractivity contribution in [1.29, 1.82) is 0 Å². The lowest BCUT2D eigenvalue weighted by molar-refractivity contribution is -0.183. The zero-order valence-electron chi connectivity index (χ0n) is 17.8. The van der Waals surface area contributed by atoms with Crippen molar-refractivity contribution in [2.24, 2.45) is 10.9 Å². The maximum atomic E-state index is 13.0. The fourth-order valence-corrected chi connectivity index (χ4v) is 3.74. The molecular weight excluding hydrogens is 514 g/mol. The Balaban J connectivity index is 0.00000450. The third-order valence-corrected chi connectivity index (χ3v) is 5.68. The smallest absolute Gasteiger partial charge is 0.357 e. The molecule has 3 atom stereocenters. The van der Waals surface area contributed by atoms with E-state index in [0.29, 0.717) is 44.7 Å². The van der Waals surface area contributed by atoms with Gasteiger partial charge in [0.2, 0.25) is 0 Å². The summed E-state index contributed by atoms with van der Waals surface area (Å²) in [5.41, 5.74) is -0.854. The van der Waals surface area contributed by atoms with Crippen LogP contribution < -0.4 is 16.0 Å². The molecule has 0 bridgehead atoms. The van der Waals surface area contributed by atoms with Crippen molar-refractivity contribution in [3.8, 4) is 0 Å². The minimum absolute atomic E-state index is 0. The molecule has 2 aliphatic rings. The predicted octanol–water partition coefficient (Wildman–Crippen LogP) is 3.39. The van der Waals surface area contributed by atoms with Crippen molar-refractivity contribution in [2.75, 3.05) is 19.6 Å². The highest BCUT2D eigenvalue weighted by atomic mass is 127. The number of aliphatic imine (C=N–C) groups is 1. The number of urea groups is 1. The monoisotopic (exact) mass is 547 g/mol. The molecule has 1 aliphatic heterocycles. The first-order valence-electron chi connectivity index (χ1n) is 10.4. The Kier molecular flexibility index (Phi) is 10.2. The van der Waals surface area contributed by atoms with Gasteiger partial charge < -0.3 is 16.0 Å². The second-order valence-corrected chi connectivity index (χ2v) is 7.93. The average molecular weight is 547 g/mol. The molecule has 174 valence electrons. The molecular formula is C19H33F3IN5O2. The van der Waals surface area contributed by atoms with Crippen LogP contribution >= 0.6 is 24.0 Å². The summed E-state index contributed by atoms with van der Waals surface area (Å²) in [5, 5.41) is 8.86. The molecule has 3 unspecified atom stereocenters. The van der Waals surface area contributed by atoms with Crippen LogP contribution in [0.15, 0.2) is 4.99 Å². The van der Waals surface area contributed by atoms with E-state index < -0.39 is 23.7 Å². The van der Waals surface area contributed by atoms with E-state index in [1.165, 1.54) is 4.90 Å². The summed E-state index contributed by atoms with van der Waals surface area (Å²) in [6, 6.07) is -0.668. The molecule has 3 N–H and O–H groups in total. The van der Waals surface area contributed by atoms with Crippen LogP contribution in [0, 0.1) is 5.92 Å². The number of amides is 3. The van der Waals surface area contributed by atoms with E-state index in [9.17, 15) is 22.8 Å². The van der Waals surface area contributed by atoms with Crippen molar-refractivity contribution in [3.05, 3.63) is 0 Å². The number of nitrogens with one attached hydrogen (secondary N) is 3. The molecule has 1 aliphatic carbocycles. The molecule has 0 aromatic rings. The number of hydrogen-bond acceptors (Lipinski definition) is 3. The van der Waals surface area contributed by atoms with E-state index >= 15 is 0 Å². The van der Waals surface area contributed by atoms with Gasteiger partial charge in [-0.15, -0.1) is 24.0 Å². The summed E-state index contributed by atoms with van der Waals surface area (Å²) in [6.07, 6.45) is -1.74. The van der Waals surface area contributed by atoms with Gasteiger partial charge in [-0.2, -0.15) is 13.2 Å². The van der Waals surface area contributed by atoms with Crippen molar-refractivity contribution >= 4 is 41.9 Å². The highest BCUT2D eigenvalue weighted by Gasteiger charge is 2.46. The highest BCUT2D eigenvalue weighted by molar-refractivity contribution is 14.0. The predicted molar refractivity (Wildman–Crippen MR) is 120 cm³/mol. The lowest BCUT2D eigenvalue weighted by atomic mass is 9.85. The van der Waals surface area contributed by atoms with Gasteiger partial charge in [-0.1, -0.05) is 13.3 Å². The van der Waals surface area contributed by atoms with E-state index in [4.69, 9.17) is 0 Å². The molecule has 7 nitrogen and oxygen atoms in total. The molecule has 2 rings (SSSR count). The molecule has 1 heterocycles. The first-order chi connectivity index (χ1) is 13.6. The minimum atomic E-state index is -4.16. The van der Waals surface area contributed by atoms with Gasteiger partial charge in [-0.25, -0.2) is 4.79 Å². The average Bonchev–Trinajstić information content (AvgIpc) is 2.88. The number of guanidine groups is 1. The van der Waals surface area contributed by atoms with E-state index in [-0.39, 0.29) is 55.3 Å². The molecule has 0 aromatic carbocycles. The number of hydrogen-bond donors (Lipinski definition) is 3. The van der Waals surface area contributed by atoms with Gasteiger partial charge in [0.1, 0.15) is 5.54 Å². The third kappa shape index (κ3) is 6.88. The van der Waals surface area contributed by atoms with E-state index in [2.05, 4.69) is 20.9 Å². The maximum absolute atomic E-state index is 13.0. The highest BCUT2D eigenvalue weighted by Crippen LogP contribution is 2.37. The number of alkyl halides is 3. The Labute approximate surface area is 193 Å². The summed E-state index contributed by atoms with van der Waals surface area (Å²) in [6.45, 7) is 6.62. The normalized spacial score (nSPS) is 27.5. The van der Waals surface area contributed by atoms with Crippen LogP contribution in [-0.4, -0.2) is 60.2 Å². The summed E-state index contributed by atoms with van der Waals surface area (Å²) < 4.78 is 39.0. The van der Waals surface area contributed by atoms with Crippen LogP contribution in [0.4, 0.5) is 18.0 Å². The molecule has 1 saturated carbocycles. The molecule has 0 spiro atoms. The lowest BCUT2D eigenvalue weighted by Crippen LogP contribution is -2.47. The van der Waals surface area contributed by atoms with E-state index in [1.807, 2.05) is 13.8 Å². The molecule has 0 radical (unpaired) electrons. The SMILES string of the molecule is CCNC(=NCCCN1C(=O)NC(C)(CC)C1=O)NC1CCCC(C(F)(F)F)C1.I. The topological polar surface area (TPSA) is 85.8 Å². The lowest BCUT2D eigenvalue weighted by Gasteiger charge is -2.32. The number of carbonyl (C=O) groups excluding carboxylic acids is 2. The number of rotatable bonds is 7. The van der Waals surface area contributed by atoms with Gasteiger partial charge >= 0.3 is 12.2 Å². The molecule has 0 aromatic heterocycles. The van der Waals surface area contributed by atoms with Crippen molar-refractivity contribution < 1.29 is 22.8 Å². The van der Waals surface area contributed by atoms with Crippen molar-refractivity contribution in [1.82, 2.24) is 20.9 Å². The van der Waals surface area contributed by atoms with Gasteiger partial charge in [0.25, 0.3) is 5.91 Å². The number of imide groups is 1. The maximum Gasteiger partial charge on any atom is 0.391 e. The van der Waals surface area contributed by atoms with Gasteiger partial charge in [-0.3, -0.25) is 14.7 Å². The van der Waals surface area contributed by atoms with Crippen LogP contribution in [0.5, 0.6) is 0 Å². The Morgan fingerprint density at radius 2 is 2.00 bits per heavy atom. The Morgan fingerprint density at radius 3 is 2.57 bits per heavy atom. The number of nitrogens with zero attached hydrogens (tertiary/aromatic N) is 2. The van der Waals surface area contributed by atoms with E-state index in [0.717, 1.165) is 0 Å². The Bertz CT molecular complexity index is 632. The fraction of sp³-hybridized carbons (Fsp3) is 0.842. The first-order valence-corrected chi connectivity index (χ1v) is 10.4. The zero-order valence-corrected chi connectivity index (χ0v) is 20.1. The second kappa shape index (κ2) is 11.4. The van der Waals surface area contributed by atoms with Gasteiger partial charge in [0.15, 0.2) is 5.96 Å². The van der Waals surface area contributed by atoms with Crippen LogP contribution in [0.1, 0.15) is 59.3 Å². The molecule has 11 heteroatoms. The van der Waals surface area contributed by atoms with Crippen LogP contribution in [0.2, 0.25) is 0 Å². The summed E-state index contributed by atoms with van der Waals surface area (Å²) in [5.74, 6) is -1.04. The van der Waals surface area contributed by atoms with Crippen molar-refractivity contribution in [3.63, 3.8) is 0 Å². The van der Waals surface area contributed by atoms with Gasteiger partial charge in [0, 0.05) is 25.7 Å². The third-order valence-electron chi connectivity index (χ3n) is 5.68. The summed E-state index contributed by atoms with van der Waals surface area (Å²) in [7, 11) is 0. The molecule has 30 heavy (non-hydrogen) atoms. The number of halogens is 4. The van der Waals surface area contributed by atoms with Crippen molar-refractivity contribution in [2.45, 2.75) is 77.1 Å². The molecule has 2 fully saturated rings. The largest absolute Gasteiger partial charge is 0.391 e. The fourth-order valence-electron chi connectivity index (χ4n) is 3.74. The first kappa shape index (κ1) is 26.8. The van der Waals surface area contributed by atoms with Gasteiger partial charge in [-0.05, 0) is 46.0 Å². The second-order valence-electron chi connectivity index (χ2n) is 7.93. The van der Waals surface area contributed by atoms with E-state index in [1.54, 1.807) is 6.92 Å². The number of carbonyl (C=O) groups is 2. The molecule has 1 saturated heterocycles. The zero-order chi connectivity index (χ0) is 21.7. The summed E-state index contributed by atoms with van der Waals surface area (Å²) in [4.78, 5) is 30.0. The standard InChI is InChI=1S/C19H32F3N5O2.HI/c1-4-18(3)15(28)27(17(29)26-18)11-7-10-24-16(23-5-2)25-14-9-6-8-13(12-14)19(20,21)22;/h13-14H,4-12H2,1-3H3,(H,26,29)(H2,23,24,25);1H. The van der Waals surface area contributed by atoms with Crippen LogP contribution in [0.3, 0.4) is 0 Å². The van der Waals surface area contributed by atoms with Crippen LogP contribution in [0.25, 0.3) is 0 Å². The summed E-state index contributed by atoms with van der Waals surface area (Å²) >= 11 is 0. The van der Waals surface area contributed by atoms with Gasteiger partial charge in [0.05, 0.1) is 5.92 Å². The Hall–Kier alpha value is -1.27. The molecule has 3 amide bonds. The Morgan fingerprint density at radius 1 is 1.30 bits per heavy atom. The van der Waals surface area contributed by atoms with Crippen LogP contribution in [-0.2, 0) is 4.79 Å².